The number of hydrogen-bond acceptors (Lipinski definition) is 4. The zero-order valence-corrected chi connectivity index (χ0v) is 19.7. The Morgan fingerprint density at radius 1 is 1.20 bits per heavy atom. The Morgan fingerprint density at radius 2 is 1.97 bits per heavy atom. The van der Waals surface area contributed by atoms with Crippen LogP contribution in [0.2, 0.25) is 0 Å². The molecule has 6 nitrogen and oxygen atoms in total. The van der Waals surface area contributed by atoms with E-state index in [4.69, 9.17) is 9.47 Å². The minimum absolute atomic E-state index is 0.0603. The van der Waals surface area contributed by atoms with Crippen LogP contribution in [0, 0.1) is 0 Å². The van der Waals surface area contributed by atoms with Crippen molar-refractivity contribution in [2.75, 3.05) is 13.7 Å². The van der Waals surface area contributed by atoms with Gasteiger partial charge in [0.25, 0.3) is 0 Å². The lowest BCUT2D eigenvalue weighted by Gasteiger charge is -2.35. The van der Waals surface area contributed by atoms with Crippen molar-refractivity contribution < 1.29 is 27.4 Å². The minimum Gasteiger partial charge on any atom is -0.486 e. The molecular weight excluding hydrogens is 461 g/mol. The van der Waals surface area contributed by atoms with E-state index >= 15 is 0 Å². The Hall–Kier alpha value is -3.33. The Bertz CT molecular complexity index is 1290. The number of benzene rings is 2. The van der Waals surface area contributed by atoms with E-state index in [0.29, 0.717) is 17.7 Å². The number of carbonyl (C=O) groups excluding carboxylic acids is 1. The van der Waals surface area contributed by atoms with Gasteiger partial charge in [-0.25, -0.2) is 0 Å². The summed E-state index contributed by atoms with van der Waals surface area (Å²) in [5.41, 5.74) is 1.04. The van der Waals surface area contributed by atoms with Gasteiger partial charge >= 0.3 is 12.1 Å². The van der Waals surface area contributed by atoms with Crippen molar-refractivity contribution in [3.63, 3.8) is 0 Å². The summed E-state index contributed by atoms with van der Waals surface area (Å²) < 4.78 is 51.3. The Balaban J connectivity index is 1.61. The van der Waals surface area contributed by atoms with E-state index in [1.54, 1.807) is 37.3 Å². The molecule has 3 unspecified atom stereocenters. The molecule has 3 atom stereocenters. The maximum absolute atomic E-state index is 13.1. The minimum atomic E-state index is -4.94. The van der Waals surface area contributed by atoms with Crippen LogP contribution in [0.3, 0.4) is 0 Å². The summed E-state index contributed by atoms with van der Waals surface area (Å²) in [6, 6.07) is 15.2. The predicted molar refractivity (Wildman–Crippen MR) is 125 cm³/mol. The maximum atomic E-state index is 13.1. The number of aromatic nitrogens is 1. The molecule has 1 fully saturated rings. The van der Waals surface area contributed by atoms with Crippen LogP contribution in [0.5, 0.6) is 5.75 Å². The highest BCUT2D eigenvalue weighted by Crippen LogP contribution is 2.43. The van der Waals surface area contributed by atoms with Crippen molar-refractivity contribution in [3.8, 4) is 5.75 Å². The molecule has 186 valence electrons. The molecule has 1 aliphatic rings. The van der Waals surface area contributed by atoms with E-state index in [1.165, 1.54) is 13.2 Å². The summed E-state index contributed by atoms with van der Waals surface area (Å²) in [6.45, 7) is 3.50. The molecule has 0 saturated carbocycles. The van der Waals surface area contributed by atoms with Crippen LogP contribution in [0.4, 0.5) is 13.2 Å². The summed E-state index contributed by atoms with van der Waals surface area (Å²) in [4.78, 5) is 27.1. The van der Waals surface area contributed by atoms with Crippen LogP contribution in [-0.2, 0) is 15.1 Å². The average molecular weight is 489 g/mol. The first-order valence-corrected chi connectivity index (χ1v) is 11.4. The standard InChI is InChI=1S/C26H27F3N2O4/c1-4-22(18-8-10-21-17(14-18)9-11-23(32)30-21)35-20-7-5-6-19(15-20)25(34-3)12-13-31(16(25)2)24(33)26(27,28)29/h5-11,14-16,22H,4,12-13H2,1-3H3,(H,30,32). The molecule has 1 aliphatic heterocycles. The van der Waals surface area contributed by atoms with Gasteiger partial charge in [-0.05, 0) is 60.2 Å². The van der Waals surface area contributed by atoms with E-state index in [-0.39, 0.29) is 24.6 Å². The fourth-order valence-corrected chi connectivity index (χ4v) is 4.91. The van der Waals surface area contributed by atoms with Gasteiger partial charge in [-0.1, -0.05) is 25.1 Å². The van der Waals surface area contributed by atoms with Gasteiger partial charge < -0.3 is 19.4 Å². The Morgan fingerprint density at radius 3 is 2.66 bits per heavy atom. The van der Waals surface area contributed by atoms with Crippen molar-refractivity contribution in [2.45, 2.75) is 50.6 Å². The number of alkyl halides is 3. The molecule has 1 aromatic heterocycles. The number of aromatic amines is 1. The third-order valence-electron chi connectivity index (χ3n) is 6.83. The van der Waals surface area contributed by atoms with E-state index in [1.807, 2.05) is 25.1 Å². The van der Waals surface area contributed by atoms with Crippen LogP contribution in [0.25, 0.3) is 10.9 Å². The van der Waals surface area contributed by atoms with Crippen molar-refractivity contribution in [2.24, 2.45) is 0 Å². The van der Waals surface area contributed by atoms with Crippen LogP contribution >= 0.6 is 0 Å². The van der Waals surface area contributed by atoms with Gasteiger partial charge in [-0.15, -0.1) is 0 Å². The van der Waals surface area contributed by atoms with E-state index in [9.17, 15) is 22.8 Å². The Labute approximate surface area is 200 Å². The SMILES string of the molecule is CCC(Oc1cccc(C2(OC)CCN(C(=O)C(F)(F)F)C2C)c1)c1ccc2[nH]c(=O)ccc2c1. The average Bonchev–Trinajstić information content (AvgIpc) is 3.18. The maximum Gasteiger partial charge on any atom is 0.471 e. The first kappa shape index (κ1) is 24.8. The van der Waals surface area contributed by atoms with Crippen LogP contribution in [0.1, 0.15) is 43.9 Å². The number of nitrogens with zero attached hydrogens (tertiary/aromatic N) is 1. The van der Waals surface area contributed by atoms with E-state index in [2.05, 4.69) is 4.98 Å². The molecule has 35 heavy (non-hydrogen) atoms. The van der Waals surface area contributed by atoms with Gasteiger partial charge in [0, 0.05) is 31.7 Å². The van der Waals surface area contributed by atoms with Crippen LogP contribution in [0.15, 0.2) is 59.4 Å². The smallest absolute Gasteiger partial charge is 0.471 e. The number of rotatable bonds is 6. The number of H-pyrrole nitrogens is 1. The van der Waals surface area contributed by atoms with Crippen molar-refractivity contribution >= 4 is 16.8 Å². The highest BCUT2D eigenvalue weighted by atomic mass is 19.4. The molecule has 4 rings (SSSR count). The number of ether oxygens (including phenoxy) is 2. The molecule has 1 saturated heterocycles. The lowest BCUT2D eigenvalue weighted by Crippen LogP contribution is -2.48. The van der Waals surface area contributed by atoms with Crippen LogP contribution in [-0.4, -0.2) is 41.7 Å². The van der Waals surface area contributed by atoms with Crippen molar-refractivity contribution in [3.05, 3.63) is 76.1 Å². The zero-order chi connectivity index (χ0) is 25.4. The second-order valence-electron chi connectivity index (χ2n) is 8.73. The second-order valence-corrected chi connectivity index (χ2v) is 8.73. The molecule has 2 aromatic carbocycles. The number of likely N-dealkylation sites (tertiary alicyclic amines) is 1. The van der Waals surface area contributed by atoms with Crippen LogP contribution < -0.4 is 10.3 Å². The summed E-state index contributed by atoms with van der Waals surface area (Å²) in [5, 5.41) is 0.880. The number of nitrogens with one attached hydrogen (secondary N) is 1. The summed E-state index contributed by atoms with van der Waals surface area (Å²) in [7, 11) is 1.44. The normalized spacial score (nSPS) is 21.3. The third-order valence-corrected chi connectivity index (χ3v) is 6.83. The molecule has 2 heterocycles. The second kappa shape index (κ2) is 9.37. The van der Waals surface area contributed by atoms with Gasteiger partial charge in [0.2, 0.25) is 5.56 Å². The monoisotopic (exact) mass is 488 g/mol. The summed E-state index contributed by atoms with van der Waals surface area (Å²) >= 11 is 0. The topological polar surface area (TPSA) is 71.6 Å². The third kappa shape index (κ3) is 4.65. The lowest BCUT2D eigenvalue weighted by molar-refractivity contribution is -0.188. The van der Waals surface area contributed by atoms with E-state index in [0.717, 1.165) is 21.4 Å². The number of methoxy groups -OCH3 is 1. The molecule has 1 N–H and O–H groups in total. The number of carbonyl (C=O) groups is 1. The van der Waals surface area contributed by atoms with Crippen molar-refractivity contribution in [1.82, 2.24) is 9.88 Å². The molecule has 9 heteroatoms. The van der Waals surface area contributed by atoms with Gasteiger partial charge in [0.15, 0.2) is 0 Å². The lowest BCUT2D eigenvalue weighted by atomic mass is 9.86. The highest BCUT2D eigenvalue weighted by molar-refractivity contribution is 5.82. The molecule has 0 aliphatic carbocycles. The molecular formula is C26H27F3N2O4. The van der Waals surface area contributed by atoms with E-state index < -0.39 is 23.7 Å². The zero-order valence-electron chi connectivity index (χ0n) is 19.7. The Kier molecular flexibility index (Phi) is 6.64. The molecule has 1 amide bonds. The van der Waals surface area contributed by atoms with Gasteiger partial charge in [0.05, 0.1) is 6.04 Å². The molecule has 0 bridgehead atoms. The molecule has 0 spiro atoms. The molecule has 0 radical (unpaired) electrons. The number of hydrogen-bond donors (Lipinski definition) is 1. The first-order chi connectivity index (χ1) is 16.6. The number of amides is 1. The van der Waals surface area contributed by atoms with Gasteiger partial charge in [-0.3, -0.25) is 9.59 Å². The fourth-order valence-electron chi connectivity index (χ4n) is 4.91. The van der Waals surface area contributed by atoms with Gasteiger partial charge in [0.1, 0.15) is 17.5 Å². The predicted octanol–water partition coefficient (Wildman–Crippen LogP) is 5.08. The quantitative estimate of drug-likeness (QED) is 0.525. The van der Waals surface area contributed by atoms with Crippen molar-refractivity contribution in [1.29, 1.82) is 0 Å². The summed E-state index contributed by atoms with van der Waals surface area (Å²) in [5.74, 6) is -1.32. The molecule has 3 aromatic rings. The first-order valence-electron chi connectivity index (χ1n) is 11.4. The number of fused-ring (bicyclic) bond motifs is 1. The highest BCUT2D eigenvalue weighted by Gasteiger charge is 2.54. The number of halogens is 3. The number of pyridine rings is 1. The van der Waals surface area contributed by atoms with Gasteiger partial charge in [-0.2, -0.15) is 13.2 Å². The fraction of sp³-hybridized carbons (Fsp3) is 0.385. The largest absolute Gasteiger partial charge is 0.486 e. The summed E-state index contributed by atoms with van der Waals surface area (Å²) in [6.07, 6.45) is -4.33.